The van der Waals surface area contributed by atoms with Crippen LogP contribution in [0.1, 0.15) is 31.2 Å². The lowest BCUT2D eigenvalue weighted by Gasteiger charge is -2.19. The van der Waals surface area contributed by atoms with E-state index in [-0.39, 0.29) is 12.0 Å². The zero-order valence-corrected chi connectivity index (χ0v) is 13.3. The molecule has 0 saturated carbocycles. The van der Waals surface area contributed by atoms with Crippen LogP contribution in [0.25, 0.3) is 0 Å². The highest BCUT2D eigenvalue weighted by Gasteiger charge is 2.15. The number of aliphatic hydroxyl groups is 1. The lowest BCUT2D eigenvalue weighted by molar-refractivity contribution is -0.121. The Labute approximate surface area is 132 Å². The minimum atomic E-state index is -0.172. The van der Waals surface area contributed by atoms with Crippen molar-refractivity contribution in [3.8, 4) is 5.75 Å². The number of methoxy groups -OCH3 is 1. The number of amides is 1. The van der Waals surface area contributed by atoms with Gasteiger partial charge in [-0.3, -0.25) is 4.79 Å². The second-order valence-electron chi connectivity index (χ2n) is 5.80. The topological polar surface area (TPSA) is 61.8 Å². The van der Waals surface area contributed by atoms with Crippen LogP contribution in [0.3, 0.4) is 0 Å². The predicted molar refractivity (Wildman–Crippen MR) is 85.8 cm³/mol. The van der Waals surface area contributed by atoms with E-state index >= 15 is 0 Å². The molecule has 2 N–H and O–H groups in total. The zero-order chi connectivity index (χ0) is 15.8. The van der Waals surface area contributed by atoms with Crippen LogP contribution in [0.2, 0.25) is 0 Å². The Kier molecular flexibility index (Phi) is 6.68. The highest BCUT2D eigenvalue weighted by Crippen LogP contribution is 2.12. The molecule has 122 valence electrons. The van der Waals surface area contributed by atoms with E-state index in [1.54, 1.807) is 7.11 Å². The monoisotopic (exact) mass is 306 g/mol. The molecule has 1 amide bonds. The van der Waals surface area contributed by atoms with Gasteiger partial charge in [-0.05, 0) is 43.5 Å². The molecule has 1 fully saturated rings. The second-order valence-corrected chi connectivity index (χ2v) is 5.80. The van der Waals surface area contributed by atoms with Crippen LogP contribution < -0.4 is 10.1 Å². The van der Waals surface area contributed by atoms with E-state index < -0.39 is 0 Å². The molecule has 1 saturated heterocycles. The summed E-state index contributed by atoms with van der Waals surface area (Å²) in [5, 5.41) is 12.6. The van der Waals surface area contributed by atoms with Crippen molar-refractivity contribution < 1.29 is 14.6 Å². The van der Waals surface area contributed by atoms with Gasteiger partial charge in [0, 0.05) is 26.1 Å². The zero-order valence-electron chi connectivity index (χ0n) is 13.3. The van der Waals surface area contributed by atoms with Crippen LogP contribution in [0, 0.1) is 0 Å². The number of carbonyl (C=O) groups is 1. The molecule has 0 aliphatic carbocycles. The molecule has 5 nitrogen and oxygen atoms in total. The van der Waals surface area contributed by atoms with E-state index in [9.17, 15) is 9.90 Å². The molecule has 0 aromatic heterocycles. The minimum absolute atomic E-state index is 0.0700. The Morgan fingerprint density at radius 1 is 1.32 bits per heavy atom. The van der Waals surface area contributed by atoms with Crippen molar-refractivity contribution >= 4 is 5.91 Å². The van der Waals surface area contributed by atoms with Gasteiger partial charge in [-0.2, -0.15) is 0 Å². The Hall–Kier alpha value is -1.59. The number of likely N-dealkylation sites (tertiary alicyclic amines) is 1. The smallest absolute Gasteiger partial charge is 0.221 e. The summed E-state index contributed by atoms with van der Waals surface area (Å²) in [6.07, 6.45) is 3.03. The summed E-state index contributed by atoms with van der Waals surface area (Å²) >= 11 is 0. The van der Waals surface area contributed by atoms with Gasteiger partial charge < -0.3 is 20.1 Å². The number of hydrogen-bond donors (Lipinski definition) is 2. The van der Waals surface area contributed by atoms with Crippen LogP contribution in [-0.4, -0.2) is 48.8 Å². The van der Waals surface area contributed by atoms with Crippen LogP contribution in [0.5, 0.6) is 5.75 Å². The number of benzene rings is 1. The first kappa shape index (κ1) is 16.8. The molecular weight excluding hydrogens is 280 g/mol. The lowest BCUT2D eigenvalue weighted by Crippen LogP contribution is -2.31. The Bertz CT molecular complexity index is 461. The number of nitrogens with zero attached hydrogens (tertiary/aromatic N) is 1. The molecule has 1 aliphatic rings. The van der Waals surface area contributed by atoms with Gasteiger partial charge in [0.1, 0.15) is 5.75 Å². The van der Waals surface area contributed by atoms with Crippen molar-refractivity contribution in [1.29, 1.82) is 0 Å². The summed E-state index contributed by atoms with van der Waals surface area (Å²) in [5.74, 6) is 0.888. The Balaban J connectivity index is 1.66. The van der Waals surface area contributed by atoms with Gasteiger partial charge in [-0.15, -0.1) is 0 Å². The third-order valence-corrected chi connectivity index (χ3v) is 4.09. The van der Waals surface area contributed by atoms with Crippen molar-refractivity contribution in [2.24, 2.45) is 0 Å². The largest absolute Gasteiger partial charge is 0.497 e. The molecule has 1 aromatic carbocycles. The van der Waals surface area contributed by atoms with Gasteiger partial charge >= 0.3 is 0 Å². The molecule has 1 heterocycles. The van der Waals surface area contributed by atoms with Crippen LogP contribution in [0.4, 0.5) is 0 Å². The summed E-state index contributed by atoms with van der Waals surface area (Å²) < 4.78 is 5.11. The number of carbonyl (C=O) groups excluding carboxylic acids is 1. The highest BCUT2D eigenvalue weighted by molar-refractivity contribution is 5.76. The van der Waals surface area contributed by atoms with Gasteiger partial charge in [0.15, 0.2) is 0 Å². The minimum Gasteiger partial charge on any atom is -0.497 e. The number of hydrogen-bond acceptors (Lipinski definition) is 4. The SMILES string of the molecule is COc1ccc(CNC(=O)CCN2CCC[C@@H](O)CC2)cc1. The third-order valence-electron chi connectivity index (χ3n) is 4.09. The second kappa shape index (κ2) is 8.76. The van der Waals surface area contributed by atoms with Gasteiger partial charge in [0.2, 0.25) is 5.91 Å². The first-order chi connectivity index (χ1) is 10.7. The first-order valence-electron chi connectivity index (χ1n) is 7.97. The highest BCUT2D eigenvalue weighted by atomic mass is 16.5. The van der Waals surface area contributed by atoms with E-state index in [0.29, 0.717) is 13.0 Å². The predicted octanol–water partition coefficient (Wildman–Crippen LogP) is 1.55. The molecule has 2 rings (SSSR count). The summed E-state index contributed by atoms with van der Waals surface area (Å²) in [6, 6.07) is 7.69. The van der Waals surface area contributed by atoms with Gasteiger partial charge in [-0.25, -0.2) is 0 Å². The molecule has 1 atom stereocenters. The van der Waals surface area contributed by atoms with E-state index in [2.05, 4.69) is 10.2 Å². The van der Waals surface area contributed by atoms with Gasteiger partial charge in [-0.1, -0.05) is 12.1 Å². The summed E-state index contributed by atoms with van der Waals surface area (Å²) in [7, 11) is 1.64. The molecular formula is C17H26N2O3. The van der Waals surface area contributed by atoms with Crippen LogP contribution in [0.15, 0.2) is 24.3 Å². The van der Waals surface area contributed by atoms with Crippen molar-refractivity contribution in [3.63, 3.8) is 0 Å². The molecule has 0 spiro atoms. The Morgan fingerprint density at radius 3 is 2.82 bits per heavy atom. The van der Waals surface area contributed by atoms with Crippen molar-refractivity contribution in [3.05, 3.63) is 29.8 Å². The van der Waals surface area contributed by atoms with E-state index in [4.69, 9.17) is 4.74 Å². The molecule has 5 heteroatoms. The average Bonchev–Trinajstić information content (AvgIpc) is 2.76. The molecule has 0 bridgehead atoms. The fourth-order valence-electron chi connectivity index (χ4n) is 2.65. The summed E-state index contributed by atoms with van der Waals surface area (Å²) in [5.41, 5.74) is 1.06. The molecule has 22 heavy (non-hydrogen) atoms. The maximum Gasteiger partial charge on any atom is 0.221 e. The normalized spacial score (nSPS) is 19.5. The summed E-state index contributed by atoms with van der Waals surface area (Å²) in [6.45, 7) is 3.17. The van der Waals surface area contributed by atoms with Crippen LogP contribution >= 0.6 is 0 Å². The van der Waals surface area contributed by atoms with Crippen molar-refractivity contribution in [2.75, 3.05) is 26.7 Å². The van der Waals surface area contributed by atoms with E-state index in [1.165, 1.54) is 0 Å². The molecule has 1 aromatic rings. The first-order valence-corrected chi connectivity index (χ1v) is 7.97. The van der Waals surface area contributed by atoms with Crippen molar-refractivity contribution in [2.45, 2.75) is 38.3 Å². The average molecular weight is 306 g/mol. The van der Waals surface area contributed by atoms with Crippen LogP contribution in [-0.2, 0) is 11.3 Å². The molecule has 1 aliphatic heterocycles. The number of nitrogens with one attached hydrogen (secondary N) is 1. The quantitative estimate of drug-likeness (QED) is 0.837. The maximum absolute atomic E-state index is 11.9. The van der Waals surface area contributed by atoms with Crippen molar-refractivity contribution in [1.82, 2.24) is 10.2 Å². The standard InChI is InChI=1S/C17H26N2O3/c1-22-16-6-4-14(5-7-16)13-18-17(21)9-12-19-10-2-3-15(20)8-11-19/h4-7,15,20H,2-3,8-13H2,1H3,(H,18,21)/t15-/m1/s1. The van der Waals surface area contributed by atoms with Gasteiger partial charge in [0.25, 0.3) is 0 Å². The third kappa shape index (κ3) is 5.66. The number of aliphatic hydroxyl groups excluding tert-OH is 1. The summed E-state index contributed by atoms with van der Waals surface area (Å²) in [4.78, 5) is 14.2. The fourth-order valence-corrected chi connectivity index (χ4v) is 2.65. The number of rotatable bonds is 6. The lowest BCUT2D eigenvalue weighted by atomic mass is 10.2. The molecule has 0 unspecified atom stereocenters. The van der Waals surface area contributed by atoms with E-state index in [1.807, 2.05) is 24.3 Å². The number of ether oxygens (including phenoxy) is 1. The molecule has 0 radical (unpaired) electrons. The van der Waals surface area contributed by atoms with Gasteiger partial charge in [0.05, 0.1) is 13.2 Å². The Morgan fingerprint density at radius 2 is 2.09 bits per heavy atom. The fraction of sp³-hybridized carbons (Fsp3) is 0.588. The van der Waals surface area contributed by atoms with E-state index in [0.717, 1.165) is 50.2 Å². The maximum atomic E-state index is 11.9.